The first kappa shape index (κ1) is 12.2. The lowest BCUT2D eigenvalue weighted by Crippen LogP contribution is -2.34. The Morgan fingerprint density at radius 1 is 1.60 bits per heavy atom. The molecule has 84 valence electrons. The number of oxime groups is 1. The van der Waals surface area contributed by atoms with E-state index in [1.807, 2.05) is 6.92 Å². The van der Waals surface area contributed by atoms with Crippen LogP contribution >= 0.6 is 11.3 Å². The topological polar surface area (TPSA) is 35.8 Å². The molecule has 0 unspecified atom stereocenters. The molecule has 0 fully saturated rings. The van der Waals surface area contributed by atoms with Crippen LogP contribution in [-0.2, 0) is 6.54 Å². The number of hydrogen-bond donors (Lipinski definition) is 1. The lowest BCUT2D eigenvalue weighted by atomic mass is 10.2. The molecule has 3 nitrogen and oxygen atoms in total. The van der Waals surface area contributed by atoms with Gasteiger partial charge in [-0.3, -0.25) is 4.90 Å². The molecule has 0 atom stereocenters. The third-order valence-electron chi connectivity index (χ3n) is 2.27. The molecular formula is C11H18N2OS. The molecule has 0 radical (unpaired) electrons. The Labute approximate surface area is 95.0 Å². The molecule has 4 heteroatoms. The van der Waals surface area contributed by atoms with E-state index in [4.69, 9.17) is 5.21 Å². The Morgan fingerprint density at radius 2 is 2.33 bits per heavy atom. The predicted octanol–water partition coefficient (Wildman–Crippen LogP) is 2.81. The van der Waals surface area contributed by atoms with Crippen LogP contribution in [0.15, 0.2) is 22.7 Å². The summed E-state index contributed by atoms with van der Waals surface area (Å²) >= 11 is 1.76. The van der Waals surface area contributed by atoms with Gasteiger partial charge in [-0.05, 0) is 32.2 Å². The van der Waals surface area contributed by atoms with Crippen molar-refractivity contribution >= 4 is 17.0 Å². The van der Waals surface area contributed by atoms with Crippen LogP contribution in [-0.4, -0.2) is 28.4 Å². The first-order chi connectivity index (χ1) is 7.13. The van der Waals surface area contributed by atoms with Crippen molar-refractivity contribution in [2.45, 2.75) is 33.4 Å². The highest BCUT2D eigenvalue weighted by Gasteiger charge is 2.11. The molecule has 0 saturated heterocycles. The van der Waals surface area contributed by atoms with Crippen LogP contribution in [0.5, 0.6) is 0 Å². The average molecular weight is 226 g/mol. The average Bonchev–Trinajstić information content (AvgIpc) is 2.69. The second kappa shape index (κ2) is 5.88. The van der Waals surface area contributed by atoms with Gasteiger partial charge in [0.1, 0.15) is 0 Å². The van der Waals surface area contributed by atoms with Crippen LogP contribution in [0.1, 0.15) is 25.6 Å². The van der Waals surface area contributed by atoms with Crippen molar-refractivity contribution in [1.29, 1.82) is 0 Å². The molecule has 15 heavy (non-hydrogen) atoms. The number of nitrogens with zero attached hydrogens (tertiary/aromatic N) is 2. The van der Waals surface area contributed by atoms with Crippen LogP contribution in [0.4, 0.5) is 0 Å². The molecular weight excluding hydrogens is 208 g/mol. The number of rotatable bonds is 5. The highest BCUT2D eigenvalue weighted by atomic mass is 32.1. The van der Waals surface area contributed by atoms with Gasteiger partial charge in [0.05, 0.1) is 5.71 Å². The van der Waals surface area contributed by atoms with E-state index in [0.717, 1.165) is 12.3 Å². The van der Waals surface area contributed by atoms with Crippen molar-refractivity contribution in [3.63, 3.8) is 0 Å². The Balaban J connectivity index is 2.59. The molecule has 1 rings (SSSR count). The molecule has 0 aliphatic heterocycles. The van der Waals surface area contributed by atoms with E-state index in [9.17, 15) is 0 Å². The van der Waals surface area contributed by atoms with Crippen LogP contribution in [0.3, 0.4) is 0 Å². The van der Waals surface area contributed by atoms with Crippen LogP contribution in [0.25, 0.3) is 0 Å². The molecule has 1 heterocycles. The molecule has 0 bridgehead atoms. The number of hydrogen-bond acceptors (Lipinski definition) is 4. The zero-order valence-electron chi connectivity index (χ0n) is 9.47. The van der Waals surface area contributed by atoms with Crippen molar-refractivity contribution in [2.75, 3.05) is 6.54 Å². The summed E-state index contributed by atoms with van der Waals surface area (Å²) in [5.41, 5.74) is 0.750. The Morgan fingerprint density at radius 3 is 2.80 bits per heavy atom. The summed E-state index contributed by atoms with van der Waals surface area (Å²) in [6.45, 7) is 7.77. The first-order valence-electron chi connectivity index (χ1n) is 5.07. The Kier molecular flexibility index (Phi) is 4.78. The fraction of sp³-hybridized carbons (Fsp3) is 0.545. The maximum atomic E-state index is 8.66. The third kappa shape index (κ3) is 4.01. The van der Waals surface area contributed by atoms with Gasteiger partial charge in [0.15, 0.2) is 0 Å². The summed E-state index contributed by atoms with van der Waals surface area (Å²) in [5.74, 6) is 0. The monoisotopic (exact) mass is 226 g/mol. The zero-order valence-corrected chi connectivity index (χ0v) is 10.3. The van der Waals surface area contributed by atoms with E-state index in [2.05, 4.69) is 41.4 Å². The normalized spacial score (nSPS) is 12.7. The van der Waals surface area contributed by atoms with Gasteiger partial charge < -0.3 is 5.21 Å². The minimum atomic E-state index is 0.448. The minimum absolute atomic E-state index is 0.448. The summed E-state index contributed by atoms with van der Waals surface area (Å²) in [6, 6.07) is 4.64. The maximum Gasteiger partial charge on any atom is 0.0680 e. The van der Waals surface area contributed by atoms with Gasteiger partial charge in [0.2, 0.25) is 0 Å². The van der Waals surface area contributed by atoms with E-state index in [0.29, 0.717) is 12.6 Å². The molecule has 0 aromatic carbocycles. The number of thiophene rings is 1. The quantitative estimate of drug-likeness (QED) is 0.476. The highest BCUT2D eigenvalue weighted by Crippen LogP contribution is 2.13. The summed E-state index contributed by atoms with van der Waals surface area (Å²) in [5, 5.41) is 14.0. The van der Waals surface area contributed by atoms with Crippen molar-refractivity contribution in [3.05, 3.63) is 22.4 Å². The zero-order chi connectivity index (χ0) is 11.3. The standard InChI is InChI=1S/C11H18N2OS/c1-9(2)13(7-10(3)12-14)8-11-5-4-6-15-11/h4-6,9,14H,7-8H2,1-3H3/b12-10+. The lowest BCUT2D eigenvalue weighted by Gasteiger charge is -2.25. The smallest absolute Gasteiger partial charge is 0.0680 e. The van der Waals surface area contributed by atoms with E-state index < -0.39 is 0 Å². The summed E-state index contributed by atoms with van der Waals surface area (Å²) < 4.78 is 0. The third-order valence-corrected chi connectivity index (χ3v) is 3.13. The van der Waals surface area contributed by atoms with Crippen molar-refractivity contribution < 1.29 is 5.21 Å². The van der Waals surface area contributed by atoms with Gasteiger partial charge in [0.25, 0.3) is 0 Å². The van der Waals surface area contributed by atoms with Gasteiger partial charge >= 0.3 is 0 Å². The molecule has 0 aliphatic carbocycles. The molecule has 1 N–H and O–H groups in total. The van der Waals surface area contributed by atoms with Crippen molar-refractivity contribution in [3.8, 4) is 0 Å². The van der Waals surface area contributed by atoms with E-state index in [-0.39, 0.29) is 0 Å². The van der Waals surface area contributed by atoms with Gasteiger partial charge in [-0.25, -0.2) is 0 Å². The van der Waals surface area contributed by atoms with E-state index in [1.165, 1.54) is 4.88 Å². The highest BCUT2D eigenvalue weighted by molar-refractivity contribution is 7.09. The molecule has 0 spiro atoms. The lowest BCUT2D eigenvalue weighted by molar-refractivity contribution is 0.241. The van der Waals surface area contributed by atoms with Gasteiger partial charge in [-0.1, -0.05) is 11.2 Å². The van der Waals surface area contributed by atoms with E-state index >= 15 is 0 Å². The second-order valence-electron chi connectivity index (χ2n) is 3.91. The van der Waals surface area contributed by atoms with Crippen molar-refractivity contribution in [2.24, 2.45) is 5.16 Å². The molecule has 1 aromatic rings. The maximum absolute atomic E-state index is 8.66. The molecule has 0 aliphatic rings. The SMILES string of the molecule is C/C(CN(Cc1cccs1)C(C)C)=N\O. The van der Waals surface area contributed by atoms with Crippen LogP contribution in [0.2, 0.25) is 0 Å². The fourth-order valence-electron chi connectivity index (χ4n) is 1.35. The van der Waals surface area contributed by atoms with Crippen LogP contribution < -0.4 is 0 Å². The van der Waals surface area contributed by atoms with Gasteiger partial charge in [-0.15, -0.1) is 11.3 Å². The summed E-state index contributed by atoms with van der Waals surface area (Å²) in [7, 11) is 0. The second-order valence-corrected chi connectivity index (χ2v) is 4.95. The van der Waals surface area contributed by atoms with Gasteiger partial charge in [0, 0.05) is 24.0 Å². The minimum Gasteiger partial charge on any atom is -0.411 e. The largest absolute Gasteiger partial charge is 0.411 e. The first-order valence-corrected chi connectivity index (χ1v) is 5.95. The Hall–Kier alpha value is -0.870. The Bertz CT molecular complexity index is 306. The summed E-state index contributed by atoms with van der Waals surface area (Å²) in [6.07, 6.45) is 0. The van der Waals surface area contributed by atoms with Crippen LogP contribution in [0, 0.1) is 0 Å². The summed E-state index contributed by atoms with van der Waals surface area (Å²) in [4.78, 5) is 3.62. The van der Waals surface area contributed by atoms with E-state index in [1.54, 1.807) is 11.3 Å². The molecule has 1 aromatic heterocycles. The van der Waals surface area contributed by atoms with Gasteiger partial charge in [-0.2, -0.15) is 0 Å². The van der Waals surface area contributed by atoms with Crippen molar-refractivity contribution in [1.82, 2.24) is 4.90 Å². The molecule has 0 amide bonds. The predicted molar refractivity (Wildman–Crippen MR) is 64.8 cm³/mol. The fourth-order valence-corrected chi connectivity index (χ4v) is 2.08. The molecule has 0 saturated carbocycles.